The number of carbonyl (C=O) groups is 1. The van der Waals surface area contributed by atoms with Gasteiger partial charge in [-0.3, -0.25) is 4.79 Å². The maximum absolute atomic E-state index is 13.6. The third-order valence-electron chi connectivity index (χ3n) is 2.32. The van der Waals surface area contributed by atoms with E-state index in [-0.39, 0.29) is 15.9 Å². The molecule has 0 unspecified atom stereocenters. The monoisotopic (exact) mass is 392 g/mol. The molecule has 1 amide bonds. The first-order valence-corrected chi connectivity index (χ1v) is 7.80. The Labute approximate surface area is 137 Å². The molecule has 0 atom stereocenters. The summed E-state index contributed by atoms with van der Waals surface area (Å²) in [4.78, 5) is 15.8. The van der Waals surface area contributed by atoms with Crippen molar-refractivity contribution in [2.75, 3.05) is 11.1 Å². The van der Waals surface area contributed by atoms with Crippen molar-refractivity contribution >= 4 is 50.9 Å². The molecule has 8 heteroatoms. The third-order valence-corrected chi connectivity index (χ3v) is 4.12. The number of hydrogen-bond donors (Lipinski definition) is 1. The van der Waals surface area contributed by atoms with E-state index in [9.17, 15) is 13.6 Å². The summed E-state index contributed by atoms with van der Waals surface area (Å²) in [5, 5.41) is 3.50. The van der Waals surface area contributed by atoms with E-state index < -0.39 is 17.5 Å². The standard InChI is InChI=1S/C13H8BrClF2N2OS/c14-9-3-8(16)4-10(17)13(9)19-11(20)6-21-12-2-1-7(15)5-18-12/h1-5H,6H2,(H,19,20). The van der Waals surface area contributed by atoms with Crippen LogP contribution in [0.15, 0.2) is 40.0 Å². The van der Waals surface area contributed by atoms with Gasteiger partial charge in [-0.15, -0.1) is 0 Å². The molecule has 2 aromatic rings. The van der Waals surface area contributed by atoms with Crippen molar-refractivity contribution in [3.8, 4) is 0 Å². The molecule has 110 valence electrons. The number of thioether (sulfide) groups is 1. The molecule has 0 spiro atoms. The lowest BCUT2D eigenvalue weighted by Crippen LogP contribution is -2.15. The van der Waals surface area contributed by atoms with Gasteiger partial charge in [-0.2, -0.15) is 0 Å². The van der Waals surface area contributed by atoms with Gasteiger partial charge in [0.25, 0.3) is 0 Å². The Morgan fingerprint density at radius 3 is 2.76 bits per heavy atom. The van der Waals surface area contributed by atoms with Crippen LogP contribution in [0.4, 0.5) is 14.5 Å². The minimum absolute atomic E-state index is 0.0396. The Kier molecular flexibility index (Phi) is 5.55. The Hall–Kier alpha value is -1.18. The van der Waals surface area contributed by atoms with Crippen molar-refractivity contribution in [2.24, 2.45) is 0 Å². The normalized spacial score (nSPS) is 10.5. The maximum Gasteiger partial charge on any atom is 0.234 e. The van der Waals surface area contributed by atoms with E-state index in [1.54, 1.807) is 12.1 Å². The van der Waals surface area contributed by atoms with Gasteiger partial charge in [-0.1, -0.05) is 23.4 Å². The minimum atomic E-state index is -0.843. The summed E-state index contributed by atoms with van der Waals surface area (Å²) in [6.45, 7) is 0. The lowest BCUT2D eigenvalue weighted by molar-refractivity contribution is -0.113. The molecule has 0 saturated carbocycles. The highest BCUT2D eigenvalue weighted by atomic mass is 79.9. The van der Waals surface area contributed by atoms with E-state index in [4.69, 9.17) is 11.6 Å². The summed E-state index contributed by atoms with van der Waals surface area (Å²) in [7, 11) is 0. The van der Waals surface area contributed by atoms with Crippen LogP contribution in [0.2, 0.25) is 5.02 Å². The number of amides is 1. The third kappa shape index (κ3) is 4.66. The molecule has 2 rings (SSSR count). The second kappa shape index (κ2) is 7.20. The second-order valence-corrected chi connectivity index (χ2v) is 6.18. The average Bonchev–Trinajstić information content (AvgIpc) is 2.42. The van der Waals surface area contributed by atoms with Gasteiger partial charge in [0.1, 0.15) is 5.82 Å². The van der Waals surface area contributed by atoms with E-state index in [2.05, 4.69) is 26.2 Å². The first-order valence-electron chi connectivity index (χ1n) is 5.64. The number of hydrogen-bond acceptors (Lipinski definition) is 3. The van der Waals surface area contributed by atoms with Crippen molar-refractivity contribution in [2.45, 2.75) is 5.03 Å². The summed E-state index contributed by atoms with van der Waals surface area (Å²) in [5.74, 6) is -1.96. The van der Waals surface area contributed by atoms with Crippen molar-refractivity contribution in [1.82, 2.24) is 4.98 Å². The lowest BCUT2D eigenvalue weighted by atomic mass is 10.3. The summed E-state index contributed by atoms with van der Waals surface area (Å²) >= 11 is 9.88. The van der Waals surface area contributed by atoms with E-state index >= 15 is 0 Å². The average molecular weight is 394 g/mol. The molecule has 0 saturated heterocycles. The Morgan fingerprint density at radius 1 is 1.38 bits per heavy atom. The predicted molar refractivity (Wildman–Crippen MR) is 82.7 cm³/mol. The number of rotatable bonds is 4. The maximum atomic E-state index is 13.6. The molecule has 3 nitrogen and oxygen atoms in total. The number of nitrogens with zero attached hydrogens (tertiary/aromatic N) is 1. The molecule has 0 aliphatic heterocycles. The number of anilines is 1. The predicted octanol–water partition coefficient (Wildman–Crippen LogP) is 4.51. The highest BCUT2D eigenvalue weighted by Crippen LogP contribution is 2.27. The van der Waals surface area contributed by atoms with Crippen LogP contribution in [0.25, 0.3) is 0 Å². The zero-order chi connectivity index (χ0) is 15.4. The van der Waals surface area contributed by atoms with Crippen LogP contribution < -0.4 is 5.32 Å². The molecule has 0 radical (unpaired) electrons. The van der Waals surface area contributed by atoms with Gasteiger partial charge in [0, 0.05) is 16.7 Å². The highest BCUT2D eigenvalue weighted by Gasteiger charge is 2.13. The van der Waals surface area contributed by atoms with E-state index in [1.807, 2.05) is 0 Å². The van der Waals surface area contributed by atoms with Gasteiger partial charge < -0.3 is 5.32 Å². The Morgan fingerprint density at radius 2 is 2.14 bits per heavy atom. The topological polar surface area (TPSA) is 42.0 Å². The van der Waals surface area contributed by atoms with Crippen molar-refractivity contribution < 1.29 is 13.6 Å². The summed E-state index contributed by atoms with van der Waals surface area (Å²) in [5.41, 5.74) is -0.0916. The molecule has 0 bridgehead atoms. The second-order valence-electron chi connectivity index (χ2n) is 3.90. The van der Waals surface area contributed by atoms with E-state index in [1.165, 1.54) is 18.0 Å². The van der Waals surface area contributed by atoms with Gasteiger partial charge in [-0.25, -0.2) is 13.8 Å². The zero-order valence-corrected chi connectivity index (χ0v) is 13.5. The number of nitrogens with one attached hydrogen (secondary N) is 1. The fourth-order valence-corrected chi connectivity index (χ4v) is 2.69. The van der Waals surface area contributed by atoms with Crippen LogP contribution in [-0.4, -0.2) is 16.6 Å². The number of carbonyl (C=O) groups excluding carboxylic acids is 1. The minimum Gasteiger partial charge on any atom is -0.322 e. The van der Waals surface area contributed by atoms with Crippen molar-refractivity contribution in [3.05, 3.63) is 51.6 Å². The molecule has 0 aliphatic rings. The highest BCUT2D eigenvalue weighted by molar-refractivity contribution is 9.10. The van der Waals surface area contributed by atoms with Crippen LogP contribution in [0.5, 0.6) is 0 Å². The molecule has 1 aromatic carbocycles. The van der Waals surface area contributed by atoms with Gasteiger partial charge in [-0.05, 0) is 34.1 Å². The molecule has 1 N–H and O–H groups in total. The molecular weight excluding hydrogens is 386 g/mol. The quantitative estimate of drug-likeness (QED) is 0.777. The number of halogens is 4. The number of pyridine rings is 1. The molecule has 0 aliphatic carbocycles. The van der Waals surface area contributed by atoms with Gasteiger partial charge in [0.15, 0.2) is 5.82 Å². The smallest absolute Gasteiger partial charge is 0.234 e. The first kappa shape index (κ1) is 16.2. The molecule has 1 aromatic heterocycles. The van der Waals surface area contributed by atoms with Crippen molar-refractivity contribution in [3.63, 3.8) is 0 Å². The summed E-state index contributed by atoms with van der Waals surface area (Å²) in [6, 6.07) is 5.11. The summed E-state index contributed by atoms with van der Waals surface area (Å²) < 4.78 is 26.6. The van der Waals surface area contributed by atoms with Crippen LogP contribution in [0, 0.1) is 11.6 Å². The largest absolute Gasteiger partial charge is 0.322 e. The SMILES string of the molecule is O=C(CSc1ccc(Cl)cn1)Nc1c(F)cc(F)cc1Br. The Bertz CT molecular complexity index is 647. The lowest BCUT2D eigenvalue weighted by Gasteiger charge is -2.08. The summed E-state index contributed by atoms with van der Waals surface area (Å²) in [6.07, 6.45) is 1.47. The van der Waals surface area contributed by atoms with E-state index in [0.717, 1.165) is 6.07 Å². The first-order chi connectivity index (χ1) is 9.95. The zero-order valence-electron chi connectivity index (χ0n) is 10.4. The number of aromatic nitrogens is 1. The van der Waals surface area contributed by atoms with Crippen LogP contribution >= 0.6 is 39.3 Å². The fraction of sp³-hybridized carbons (Fsp3) is 0.0769. The molecule has 21 heavy (non-hydrogen) atoms. The Balaban J connectivity index is 1.97. The van der Waals surface area contributed by atoms with Gasteiger partial charge >= 0.3 is 0 Å². The number of benzene rings is 1. The van der Waals surface area contributed by atoms with Gasteiger partial charge in [0.2, 0.25) is 5.91 Å². The van der Waals surface area contributed by atoms with Crippen LogP contribution in [0.3, 0.4) is 0 Å². The molecule has 1 heterocycles. The van der Waals surface area contributed by atoms with Crippen LogP contribution in [0.1, 0.15) is 0 Å². The van der Waals surface area contributed by atoms with E-state index in [0.29, 0.717) is 16.1 Å². The van der Waals surface area contributed by atoms with Crippen molar-refractivity contribution in [1.29, 1.82) is 0 Å². The fourth-order valence-electron chi connectivity index (χ4n) is 1.42. The van der Waals surface area contributed by atoms with Gasteiger partial charge in [0.05, 0.1) is 21.5 Å². The van der Waals surface area contributed by atoms with Crippen LogP contribution in [-0.2, 0) is 4.79 Å². The molecule has 0 fully saturated rings. The molecular formula is C13H8BrClF2N2OS.